The van der Waals surface area contributed by atoms with Gasteiger partial charge in [-0.2, -0.15) is 10.2 Å². The number of hydrogen-bond acceptors (Lipinski definition) is 6. The van der Waals surface area contributed by atoms with Gasteiger partial charge in [0.15, 0.2) is 0 Å². The third kappa shape index (κ3) is 5.75. The van der Waals surface area contributed by atoms with Crippen molar-refractivity contribution in [3.63, 3.8) is 0 Å². The summed E-state index contributed by atoms with van der Waals surface area (Å²) in [6.07, 6.45) is 0. The molecule has 0 bridgehead atoms. The Morgan fingerprint density at radius 2 is 1.87 bits per heavy atom. The van der Waals surface area contributed by atoms with Crippen LogP contribution in [0.2, 0.25) is 0 Å². The zero-order valence-corrected chi connectivity index (χ0v) is 17.5. The average molecular weight is 421 g/mol. The number of aromatic nitrogens is 2. The van der Waals surface area contributed by atoms with Crippen LogP contribution in [0.5, 0.6) is 5.75 Å². The van der Waals surface area contributed by atoms with Gasteiger partial charge in [0.25, 0.3) is 11.6 Å². The second kappa shape index (κ2) is 9.66. The van der Waals surface area contributed by atoms with Gasteiger partial charge < -0.3 is 4.74 Å². The molecule has 0 aliphatic heterocycles. The fraction of sp³-hybridized carbons (Fsp3) is 0.227. The molecule has 2 aromatic carbocycles. The van der Waals surface area contributed by atoms with Crippen LogP contribution in [0.15, 0.2) is 59.7 Å². The van der Waals surface area contributed by atoms with E-state index in [0.717, 1.165) is 11.3 Å². The highest BCUT2D eigenvalue weighted by atomic mass is 16.6. The molecule has 0 fully saturated rings. The summed E-state index contributed by atoms with van der Waals surface area (Å²) in [5, 5.41) is 21.7. The van der Waals surface area contributed by atoms with Crippen molar-refractivity contribution in [1.29, 1.82) is 0 Å². The summed E-state index contributed by atoms with van der Waals surface area (Å²) in [5.41, 5.74) is 5.35. The molecule has 160 valence electrons. The maximum absolute atomic E-state index is 12.4. The number of nitro benzene ring substituents is 1. The number of ether oxygens (including phenoxy) is 1. The number of carbonyl (C=O) groups is 1. The second-order valence-corrected chi connectivity index (χ2v) is 7.34. The fourth-order valence-electron chi connectivity index (χ4n) is 2.65. The molecule has 0 atom stereocenters. The maximum atomic E-state index is 12.4. The van der Waals surface area contributed by atoms with E-state index in [1.807, 2.05) is 24.3 Å². The minimum absolute atomic E-state index is 0.00917. The van der Waals surface area contributed by atoms with Crippen LogP contribution in [0.1, 0.15) is 36.8 Å². The van der Waals surface area contributed by atoms with Crippen molar-refractivity contribution in [1.82, 2.24) is 15.6 Å². The molecular weight excluding hydrogens is 398 g/mol. The van der Waals surface area contributed by atoms with Gasteiger partial charge in [0.05, 0.1) is 22.9 Å². The Bertz CT molecular complexity index is 1090. The molecular formula is C22H23N5O4. The first kappa shape index (κ1) is 21.7. The fourth-order valence-corrected chi connectivity index (χ4v) is 2.65. The summed E-state index contributed by atoms with van der Waals surface area (Å²) in [5.74, 6) is 0.776. The molecule has 1 aromatic heterocycles. The lowest BCUT2D eigenvalue weighted by atomic mass is 10.1. The lowest BCUT2D eigenvalue weighted by molar-refractivity contribution is -0.384. The van der Waals surface area contributed by atoms with Gasteiger partial charge in [-0.1, -0.05) is 13.8 Å². The number of non-ortho nitro benzene ring substituents is 1. The molecule has 0 saturated carbocycles. The quantitative estimate of drug-likeness (QED) is 0.321. The molecule has 0 unspecified atom stereocenters. The SMILES string of the molecule is C/C(=N\NC(=O)c1cc(-c2ccc(OCC(C)C)cc2)n[nH]1)c1ccc([N+](=O)[O-])cc1. The normalized spacial score (nSPS) is 11.4. The van der Waals surface area contributed by atoms with Crippen molar-refractivity contribution in [2.75, 3.05) is 6.61 Å². The molecule has 3 aromatic rings. The predicted octanol–water partition coefficient (Wildman–Crippen LogP) is 4.17. The van der Waals surface area contributed by atoms with Crippen molar-refractivity contribution in [3.8, 4) is 17.0 Å². The van der Waals surface area contributed by atoms with Crippen LogP contribution < -0.4 is 10.2 Å². The van der Waals surface area contributed by atoms with Gasteiger partial charge in [-0.05, 0) is 60.9 Å². The summed E-state index contributed by atoms with van der Waals surface area (Å²) >= 11 is 0. The molecule has 0 spiro atoms. The lowest BCUT2D eigenvalue weighted by Crippen LogP contribution is -2.19. The van der Waals surface area contributed by atoms with Gasteiger partial charge in [0, 0.05) is 17.7 Å². The van der Waals surface area contributed by atoms with E-state index in [1.165, 1.54) is 12.1 Å². The third-order valence-corrected chi connectivity index (χ3v) is 4.38. The van der Waals surface area contributed by atoms with E-state index >= 15 is 0 Å². The van der Waals surface area contributed by atoms with Crippen LogP contribution in [0.25, 0.3) is 11.3 Å². The highest BCUT2D eigenvalue weighted by Gasteiger charge is 2.12. The third-order valence-electron chi connectivity index (χ3n) is 4.38. The smallest absolute Gasteiger partial charge is 0.289 e. The van der Waals surface area contributed by atoms with Crippen LogP contribution in [-0.2, 0) is 0 Å². The second-order valence-electron chi connectivity index (χ2n) is 7.34. The average Bonchev–Trinajstić information content (AvgIpc) is 3.26. The molecule has 31 heavy (non-hydrogen) atoms. The van der Waals surface area contributed by atoms with E-state index in [2.05, 4.69) is 34.6 Å². The van der Waals surface area contributed by atoms with Crippen molar-refractivity contribution in [3.05, 3.63) is 76.0 Å². The van der Waals surface area contributed by atoms with Crippen LogP contribution in [-0.4, -0.2) is 33.3 Å². The Morgan fingerprint density at radius 1 is 1.19 bits per heavy atom. The first-order valence-corrected chi connectivity index (χ1v) is 9.71. The maximum Gasteiger partial charge on any atom is 0.289 e. The monoisotopic (exact) mass is 421 g/mol. The van der Waals surface area contributed by atoms with Crippen molar-refractivity contribution < 1.29 is 14.5 Å². The van der Waals surface area contributed by atoms with Crippen molar-refractivity contribution in [2.24, 2.45) is 11.0 Å². The summed E-state index contributed by atoms with van der Waals surface area (Å²) in [6, 6.07) is 15.0. The number of H-pyrrole nitrogens is 1. The van der Waals surface area contributed by atoms with E-state index in [1.54, 1.807) is 25.1 Å². The molecule has 9 heteroatoms. The topological polar surface area (TPSA) is 123 Å². The Labute approximate surface area is 179 Å². The van der Waals surface area contributed by atoms with E-state index in [0.29, 0.717) is 29.5 Å². The van der Waals surface area contributed by atoms with Gasteiger partial charge in [0.2, 0.25) is 0 Å². The largest absolute Gasteiger partial charge is 0.493 e. The highest BCUT2D eigenvalue weighted by Crippen LogP contribution is 2.21. The summed E-state index contributed by atoms with van der Waals surface area (Å²) in [6.45, 7) is 6.51. The highest BCUT2D eigenvalue weighted by molar-refractivity contribution is 6.00. The number of nitrogens with one attached hydrogen (secondary N) is 2. The van der Waals surface area contributed by atoms with Gasteiger partial charge in [-0.3, -0.25) is 20.0 Å². The van der Waals surface area contributed by atoms with Crippen molar-refractivity contribution in [2.45, 2.75) is 20.8 Å². The molecule has 0 saturated heterocycles. The van der Waals surface area contributed by atoms with Crippen LogP contribution >= 0.6 is 0 Å². The number of nitrogens with zero attached hydrogens (tertiary/aromatic N) is 3. The number of carbonyl (C=O) groups excluding carboxylic acids is 1. The number of hydrogen-bond donors (Lipinski definition) is 2. The Balaban J connectivity index is 1.63. The summed E-state index contributed by atoms with van der Waals surface area (Å²) < 4.78 is 5.67. The predicted molar refractivity (Wildman–Crippen MR) is 117 cm³/mol. The number of nitro groups is 1. The molecule has 1 amide bonds. The van der Waals surface area contributed by atoms with Crippen LogP contribution in [0.3, 0.4) is 0 Å². The molecule has 1 heterocycles. The van der Waals surface area contributed by atoms with Gasteiger partial charge in [-0.25, -0.2) is 5.43 Å². The Kier molecular flexibility index (Phi) is 6.76. The van der Waals surface area contributed by atoms with Crippen LogP contribution in [0.4, 0.5) is 5.69 Å². The molecule has 9 nitrogen and oxygen atoms in total. The summed E-state index contributed by atoms with van der Waals surface area (Å²) in [7, 11) is 0. The molecule has 3 rings (SSSR count). The zero-order chi connectivity index (χ0) is 22.4. The number of aromatic amines is 1. The molecule has 0 aliphatic carbocycles. The Morgan fingerprint density at radius 3 is 2.48 bits per heavy atom. The van der Waals surface area contributed by atoms with E-state index in [9.17, 15) is 14.9 Å². The number of amides is 1. The van der Waals surface area contributed by atoms with Crippen LogP contribution in [0, 0.1) is 16.0 Å². The van der Waals surface area contributed by atoms with E-state index in [-0.39, 0.29) is 11.4 Å². The van der Waals surface area contributed by atoms with Gasteiger partial charge in [-0.15, -0.1) is 0 Å². The molecule has 0 aliphatic rings. The zero-order valence-electron chi connectivity index (χ0n) is 17.5. The standard InChI is InChI=1S/C22H23N5O4/c1-14(2)13-31-19-10-6-17(7-11-19)20-12-21(25-24-20)22(28)26-23-15(3)16-4-8-18(9-5-16)27(29)30/h4-12,14H,13H2,1-3H3,(H,24,25)(H,26,28)/b23-15+. The minimum atomic E-state index is -0.472. The van der Waals surface area contributed by atoms with Crippen molar-refractivity contribution >= 4 is 17.3 Å². The first-order valence-electron chi connectivity index (χ1n) is 9.71. The minimum Gasteiger partial charge on any atom is -0.493 e. The lowest BCUT2D eigenvalue weighted by Gasteiger charge is -2.08. The number of hydrazone groups is 1. The molecule has 0 radical (unpaired) electrons. The first-order chi connectivity index (χ1) is 14.8. The molecule has 2 N–H and O–H groups in total. The number of rotatable bonds is 8. The Hall–Kier alpha value is -4.01. The number of benzene rings is 2. The van der Waals surface area contributed by atoms with E-state index in [4.69, 9.17) is 4.74 Å². The van der Waals surface area contributed by atoms with E-state index < -0.39 is 10.8 Å². The summed E-state index contributed by atoms with van der Waals surface area (Å²) in [4.78, 5) is 22.6. The van der Waals surface area contributed by atoms with Gasteiger partial charge in [0.1, 0.15) is 11.4 Å². The van der Waals surface area contributed by atoms with Gasteiger partial charge >= 0.3 is 0 Å².